The third kappa shape index (κ3) is 2.81. The Bertz CT molecular complexity index is 717. The minimum atomic E-state index is -3.29. The molecule has 0 radical (unpaired) electrons. The van der Waals surface area contributed by atoms with E-state index in [1.54, 1.807) is 12.1 Å². The molecule has 0 fully saturated rings. The van der Waals surface area contributed by atoms with E-state index in [-0.39, 0.29) is 5.56 Å². The van der Waals surface area contributed by atoms with Gasteiger partial charge in [0.25, 0.3) is 5.92 Å². The fourth-order valence-electron chi connectivity index (χ4n) is 2.52. The van der Waals surface area contributed by atoms with Crippen molar-refractivity contribution >= 4 is 5.97 Å². The van der Waals surface area contributed by atoms with Gasteiger partial charge in [-0.1, -0.05) is 68.4 Å². The third-order valence-corrected chi connectivity index (χ3v) is 5.24. The second kappa shape index (κ2) is 6.00. The molecule has 2 aromatic carbocycles. The van der Waals surface area contributed by atoms with Gasteiger partial charge in [0.1, 0.15) is 0 Å². The zero-order valence-corrected chi connectivity index (χ0v) is 14.3. The second-order valence-corrected chi connectivity index (χ2v) is 7.07. The van der Waals surface area contributed by atoms with Crippen LogP contribution in [0.5, 0.6) is 0 Å². The second-order valence-electron chi connectivity index (χ2n) is 7.07. The smallest absolute Gasteiger partial charge is 0.309 e. The Morgan fingerprint density at radius 1 is 0.833 bits per heavy atom. The first kappa shape index (κ1) is 18.1. The van der Waals surface area contributed by atoms with Gasteiger partial charge in [-0.15, -0.1) is 0 Å². The van der Waals surface area contributed by atoms with Crippen molar-refractivity contribution in [1.29, 1.82) is 0 Å². The van der Waals surface area contributed by atoms with Gasteiger partial charge < -0.3 is 5.11 Å². The normalized spacial score (nSPS) is 12.9. The average Bonchev–Trinajstić information content (AvgIpc) is 2.55. The molecule has 0 heterocycles. The van der Waals surface area contributed by atoms with Crippen molar-refractivity contribution in [3.05, 3.63) is 60.2 Å². The van der Waals surface area contributed by atoms with Gasteiger partial charge in [-0.25, -0.2) is 8.78 Å². The molecule has 0 saturated heterocycles. The summed E-state index contributed by atoms with van der Waals surface area (Å²) < 4.78 is 30.1. The molecule has 1 N–H and O–H groups in total. The summed E-state index contributed by atoms with van der Waals surface area (Å²) in [7, 11) is 0. The van der Waals surface area contributed by atoms with Gasteiger partial charge in [0.2, 0.25) is 0 Å². The number of hydrogen-bond donors (Lipinski definition) is 1. The lowest BCUT2D eigenvalue weighted by Gasteiger charge is -2.43. The molecule has 2 rings (SSSR count). The molecule has 128 valence electrons. The number of carboxylic acid groups (broad SMARTS) is 1. The topological polar surface area (TPSA) is 37.3 Å². The van der Waals surface area contributed by atoms with E-state index < -0.39 is 22.7 Å². The Kier molecular flexibility index (Phi) is 4.53. The summed E-state index contributed by atoms with van der Waals surface area (Å²) in [5.41, 5.74) is -1.75. The van der Waals surface area contributed by atoms with Crippen molar-refractivity contribution in [2.75, 3.05) is 0 Å². The van der Waals surface area contributed by atoms with E-state index in [1.165, 1.54) is 39.8 Å². The highest BCUT2D eigenvalue weighted by Crippen LogP contribution is 2.55. The fraction of sp³-hybridized carbons (Fsp3) is 0.350. The third-order valence-electron chi connectivity index (χ3n) is 5.24. The van der Waals surface area contributed by atoms with E-state index in [0.717, 1.165) is 11.1 Å². The molecule has 2 nitrogen and oxygen atoms in total. The number of aliphatic carboxylic acids is 1. The Morgan fingerprint density at radius 3 is 1.75 bits per heavy atom. The summed E-state index contributed by atoms with van der Waals surface area (Å²) in [4.78, 5) is 11.5. The Balaban J connectivity index is 2.41. The van der Waals surface area contributed by atoms with E-state index >= 15 is 8.78 Å². The van der Waals surface area contributed by atoms with Crippen LogP contribution in [0.4, 0.5) is 8.78 Å². The highest BCUT2D eigenvalue weighted by Gasteiger charge is 2.59. The van der Waals surface area contributed by atoms with Crippen LogP contribution in [0.15, 0.2) is 54.6 Å². The molecule has 0 aliphatic heterocycles. The molecule has 0 bridgehead atoms. The van der Waals surface area contributed by atoms with Gasteiger partial charge in [-0.3, -0.25) is 4.79 Å². The first-order valence-corrected chi connectivity index (χ1v) is 7.79. The summed E-state index contributed by atoms with van der Waals surface area (Å²) in [6, 6.07) is 15.5. The van der Waals surface area contributed by atoms with Crippen LogP contribution in [0.3, 0.4) is 0 Å². The van der Waals surface area contributed by atoms with Crippen molar-refractivity contribution in [2.45, 2.75) is 33.6 Å². The van der Waals surface area contributed by atoms with Crippen LogP contribution in [-0.4, -0.2) is 11.1 Å². The zero-order valence-electron chi connectivity index (χ0n) is 14.3. The molecule has 0 amide bonds. The van der Waals surface area contributed by atoms with Gasteiger partial charge in [-0.05, 0) is 25.0 Å². The predicted molar refractivity (Wildman–Crippen MR) is 91.0 cm³/mol. The van der Waals surface area contributed by atoms with Crippen molar-refractivity contribution in [1.82, 2.24) is 0 Å². The molecule has 0 aromatic heterocycles. The van der Waals surface area contributed by atoms with Gasteiger partial charge >= 0.3 is 5.97 Å². The molecular weight excluding hydrogens is 310 g/mol. The molecule has 4 heteroatoms. The van der Waals surface area contributed by atoms with Crippen LogP contribution < -0.4 is 0 Å². The minimum Gasteiger partial charge on any atom is -0.481 e. The van der Waals surface area contributed by atoms with Gasteiger partial charge in [0.15, 0.2) is 0 Å². The number of carbonyl (C=O) groups is 1. The maximum Gasteiger partial charge on any atom is 0.309 e. The molecule has 0 unspecified atom stereocenters. The lowest BCUT2D eigenvalue weighted by molar-refractivity contribution is -0.190. The molecule has 0 saturated carbocycles. The molecule has 0 atom stereocenters. The van der Waals surface area contributed by atoms with Gasteiger partial charge in [0, 0.05) is 11.0 Å². The molecule has 0 spiro atoms. The minimum absolute atomic E-state index is 0.179. The highest BCUT2D eigenvalue weighted by atomic mass is 19.3. The first-order valence-electron chi connectivity index (χ1n) is 7.79. The largest absolute Gasteiger partial charge is 0.481 e. The maximum atomic E-state index is 15.1. The van der Waals surface area contributed by atoms with E-state index in [2.05, 4.69) is 0 Å². The maximum absolute atomic E-state index is 15.1. The van der Waals surface area contributed by atoms with Crippen LogP contribution in [-0.2, 0) is 10.7 Å². The summed E-state index contributed by atoms with van der Waals surface area (Å²) in [6.45, 7) is 5.27. The van der Waals surface area contributed by atoms with Crippen LogP contribution in [0, 0.1) is 10.8 Å². The first-order chi connectivity index (χ1) is 11.0. The quantitative estimate of drug-likeness (QED) is 0.776. The average molecular weight is 332 g/mol. The van der Waals surface area contributed by atoms with Gasteiger partial charge in [0.05, 0.1) is 5.41 Å². The van der Waals surface area contributed by atoms with Crippen molar-refractivity contribution < 1.29 is 18.7 Å². The standard InChI is InChI=1S/C20H22F2O2/c1-18(2,17(23)24)19(3,4)20(21,22)16-12-10-15(11-13-16)14-8-6-5-7-9-14/h5-13H,1-4H3,(H,23,24). The van der Waals surface area contributed by atoms with Crippen molar-refractivity contribution in [3.8, 4) is 11.1 Å². The van der Waals surface area contributed by atoms with E-state index in [9.17, 15) is 9.90 Å². The van der Waals surface area contributed by atoms with Gasteiger partial charge in [-0.2, -0.15) is 0 Å². The predicted octanol–water partition coefficient (Wildman–Crippen LogP) is 5.58. The SMILES string of the molecule is CC(C)(C(=O)O)C(C)(C)C(F)(F)c1ccc(-c2ccccc2)cc1. The van der Waals surface area contributed by atoms with Crippen LogP contribution in [0.25, 0.3) is 11.1 Å². The van der Waals surface area contributed by atoms with E-state index in [1.807, 2.05) is 30.3 Å². The Morgan fingerprint density at radius 2 is 1.29 bits per heavy atom. The summed E-state index contributed by atoms with van der Waals surface area (Å²) in [5.74, 6) is -4.53. The monoisotopic (exact) mass is 332 g/mol. The Hall–Kier alpha value is -2.23. The fourth-order valence-corrected chi connectivity index (χ4v) is 2.52. The molecule has 0 aliphatic rings. The molecule has 2 aromatic rings. The van der Waals surface area contributed by atoms with Crippen molar-refractivity contribution in [3.63, 3.8) is 0 Å². The Labute approximate surface area is 141 Å². The summed E-state index contributed by atoms with van der Waals surface area (Å²) in [6.07, 6.45) is 0. The molecule has 0 aliphatic carbocycles. The van der Waals surface area contributed by atoms with Crippen LogP contribution in [0.2, 0.25) is 0 Å². The van der Waals surface area contributed by atoms with E-state index in [0.29, 0.717) is 0 Å². The lowest BCUT2D eigenvalue weighted by Crippen LogP contribution is -2.49. The highest BCUT2D eigenvalue weighted by molar-refractivity contribution is 5.75. The molecular formula is C20H22F2O2. The number of alkyl halides is 2. The van der Waals surface area contributed by atoms with Crippen LogP contribution in [0.1, 0.15) is 33.3 Å². The number of rotatable bonds is 5. The number of benzene rings is 2. The molecule has 24 heavy (non-hydrogen) atoms. The number of halogens is 2. The van der Waals surface area contributed by atoms with Crippen LogP contribution >= 0.6 is 0 Å². The number of carboxylic acids is 1. The zero-order chi connectivity index (χ0) is 18.2. The van der Waals surface area contributed by atoms with E-state index in [4.69, 9.17) is 0 Å². The van der Waals surface area contributed by atoms with Crippen molar-refractivity contribution in [2.24, 2.45) is 10.8 Å². The summed E-state index contributed by atoms with van der Waals surface area (Å²) >= 11 is 0. The number of hydrogen-bond acceptors (Lipinski definition) is 1. The summed E-state index contributed by atoms with van der Waals surface area (Å²) in [5, 5.41) is 9.35. The lowest BCUT2D eigenvalue weighted by atomic mass is 9.62.